The van der Waals surface area contributed by atoms with E-state index in [2.05, 4.69) is 11.4 Å². The Labute approximate surface area is 198 Å². The van der Waals surface area contributed by atoms with Crippen LogP contribution in [0.4, 0.5) is 0 Å². The molecule has 6 nitrogen and oxygen atoms in total. The highest BCUT2D eigenvalue weighted by Gasteiger charge is 2.34. The van der Waals surface area contributed by atoms with Crippen LogP contribution in [-0.4, -0.2) is 47.4 Å². The molecule has 0 spiro atoms. The number of nitrogens with zero attached hydrogens (tertiary/aromatic N) is 2. The molecule has 0 saturated carbocycles. The first-order chi connectivity index (χ1) is 16.0. The summed E-state index contributed by atoms with van der Waals surface area (Å²) >= 11 is 1.72. The molecule has 33 heavy (non-hydrogen) atoms. The minimum absolute atomic E-state index is 0.00880. The van der Waals surface area contributed by atoms with Crippen molar-refractivity contribution in [2.75, 3.05) is 19.7 Å². The van der Waals surface area contributed by atoms with Crippen LogP contribution in [0.3, 0.4) is 0 Å². The fraction of sp³-hybridized carbons (Fsp3) is 0.385. The molecule has 2 aromatic heterocycles. The zero-order valence-corrected chi connectivity index (χ0v) is 20.1. The summed E-state index contributed by atoms with van der Waals surface area (Å²) in [5.41, 5.74) is 2.20. The number of hydrogen-bond acceptors (Lipinski definition) is 5. The van der Waals surface area contributed by atoms with Crippen molar-refractivity contribution in [2.24, 2.45) is 0 Å². The number of ether oxygens (including phenoxy) is 1. The summed E-state index contributed by atoms with van der Waals surface area (Å²) in [5, 5.41) is 2.07. The zero-order valence-electron chi connectivity index (χ0n) is 19.3. The van der Waals surface area contributed by atoms with Gasteiger partial charge in [-0.1, -0.05) is 25.1 Å². The van der Waals surface area contributed by atoms with Gasteiger partial charge >= 0.3 is 0 Å². The van der Waals surface area contributed by atoms with Gasteiger partial charge in [-0.15, -0.1) is 11.3 Å². The molecule has 0 saturated heterocycles. The highest BCUT2D eigenvalue weighted by molar-refractivity contribution is 7.10. The van der Waals surface area contributed by atoms with E-state index in [9.17, 15) is 9.59 Å². The van der Waals surface area contributed by atoms with Crippen LogP contribution in [0.15, 0.2) is 58.5 Å². The summed E-state index contributed by atoms with van der Waals surface area (Å²) < 4.78 is 11.5. The predicted octanol–water partition coefficient (Wildman–Crippen LogP) is 5.10. The summed E-state index contributed by atoms with van der Waals surface area (Å²) in [4.78, 5) is 31.4. The normalized spacial score (nSPS) is 16.2. The minimum Gasteiger partial charge on any atom is -0.491 e. The van der Waals surface area contributed by atoms with Crippen LogP contribution >= 0.6 is 11.3 Å². The number of rotatable bonds is 8. The fourth-order valence-electron chi connectivity index (χ4n) is 4.19. The standard InChI is InChI=1S/C26H30N2O4S/c1-4-19(3)28(26(30)23-10-7-14-31-23)16-25(29)27-13-11-24-20(12-15-33-24)21(27)17-32-22-9-6-5-8-18(22)2/h5-10,12,14-15,19,21H,4,11,13,16-17H2,1-3H3/t19-,21+/m0/s1. The van der Waals surface area contributed by atoms with Gasteiger partial charge in [0.05, 0.1) is 12.3 Å². The van der Waals surface area contributed by atoms with Gasteiger partial charge < -0.3 is 19.0 Å². The van der Waals surface area contributed by atoms with Crippen LogP contribution < -0.4 is 4.74 Å². The Morgan fingerprint density at radius 2 is 2.06 bits per heavy atom. The zero-order chi connectivity index (χ0) is 23.4. The molecule has 174 valence electrons. The number of furan rings is 1. The van der Waals surface area contributed by atoms with E-state index in [-0.39, 0.29) is 36.2 Å². The number of para-hydroxylation sites is 1. The van der Waals surface area contributed by atoms with Crippen molar-refractivity contribution < 1.29 is 18.7 Å². The number of amides is 2. The molecule has 4 rings (SSSR count). The Morgan fingerprint density at radius 3 is 2.79 bits per heavy atom. The quantitative estimate of drug-likeness (QED) is 0.464. The molecule has 0 bridgehead atoms. The van der Waals surface area contributed by atoms with Gasteiger partial charge in [0.25, 0.3) is 5.91 Å². The number of aryl methyl sites for hydroxylation is 1. The van der Waals surface area contributed by atoms with E-state index in [1.165, 1.54) is 11.1 Å². The molecule has 1 aliphatic heterocycles. The smallest absolute Gasteiger partial charge is 0.290 e. The van der Waals surface area contributed by atoms with Gasteiger partial charge in [-0.25, -0.2) is 0 Å². The van der Waals surface area contributed by atoms with E-state index in [4.69, 9.17) is 9.15 Å². The van der Waals surface area contributed by atoms with E-state index in [0.29, 0.717) is 13.2 Å². The molecule has 2 atom stereocenters. The molecule has 0 unspecified atom stereocenters. The van der Waals surface area contributed by atoms with Crippen LogP contribution in [0.25, 0.3) is 0 Å². The Kier molecular flexibility index (Phi) is 7.18. The first-order valence-corrected chi connectivity index (χ1v) is 12.3. The van der Waals surface area contributed by atoms with E-state index < -0.39 is 0 Å². The highest BCUT2D eigenvalue weighted by atomic mass is 32.1. The SMILES string of the molecule is CC[C@H](C)N(CC(=O)N1CCc2sccc2[C@H]1COc1ccccc1C)C(=O)c1ccco1. The van der Waals surface area contributed by atoms with Crippen LogP contribution in [0, 0.1) is 6.92 Å². The second-order valence-electron chi connectivity index (χ2n) is 8.40. The molecule has 0 aliphatic carbocycles. The molecule has 0 N–H and O–H groups in total. The summed E-state index contributed by atoms with van der Waals surface area (Å²) in [5.74, 6) is 0.733. The molecule has 3 heterocycles. The number of carbonyl (C=O) groups is 2. The maximum absolute atomic E-state index is 13.6. The summed E-state index contributed by atoms with van der Waals surface area (Å²) in [6.45, 7) is 6.97. The minimum atomic E-state index is -0.261. The summed E-state index contributed by atoms with van der Waals surface area (Å²) in [7, 11) is 0. The van der Waals surface area contributed by atoms with Gasteiger partial charge in [0.1, 0.15) is 18.9 Å². The van der Waals surface area contributed by atoms with Crippen LogP contribution in [-0.2, 0) is 11.2 Å². The molecule has 0 fully saturated rings. The third kappa shape index (κ3) is 4.98. The lowest BCUT2D eigenvalue weighted by molar-refractivity contribution is -0.136. The number of hydrogen-bond donors (Lipinski definition) is 0. The molecule has 2 amide bonds. The lowest BCUT2D eigenvalue weighted by Gasteiger charge is -2.38. The largest absolute Gasteiger partial charge is 0.491 e. The second-order valence-corrected chi connectivity index (χ2v) is 9.40. The van der Waals surface area contributed by atoms with Gasteiger partial charge in [0.2, 0.25) is 5.91 Å². The number of benzene rings is 1. The maximum atomic E-state index is 13.6. The first kappa shape index (κ1) is 23.1. The van der Waals surface area contributed by atoms with Crippen molar-refractivity contribution in [1.29, 1.82) is 0 Å². The average Bonchev–Trinajstić information content (AvgIpc) is 3.53. The molecule has 0 radical (unpaired) electrons. The average molecular weight is 467 g/mol. The van der Waals surface area contributed by atoms with Crippen molar-refractivity contribution >= 4 is 23.2 Å². The predicted molar refractivity (Wildman–Crippen MR) is 129 cm³/mol. The molecule has 1 aromatic carbocycles. The summed E-state index contributed by atoms with van der Waals surface area (Å²) in [6, 6.07) is 13.0. The van der Waals surface area contributed by atoms with E-state index in [0.717, 1.165) is 29.7 Å². The number of thiophene rings is 1. The number of fused-ring (bicyclic) bond motifs is 1. The van der Waals surface area contributed by atoms with Gasteiger partial charge in [-0.2, -0.15) is 0 Å². The van der Waals surface area contributed by atoms with E-state index in [1.807, 2.05) is 49.9 Å². The Hall–Kier alpha value is -3.06. The van der Waals surface area contributed by atoms with E-state index >= 15 is 0 Å². The Balaban J connectivity index is 1.55. The van der Waals surface area contributed by atoms with Gasteiger partial charge in [-0.05, 0) is 67.5 Å². The topological polar surface area (TPSA) is 63.0 Å². The second kappa shape index (κ2) is 10.3. The first-order valence-electron chi connectivity index (χ1n) is 11.4. The van der Waals surface area contributed by atoms with Crippen molar-refractivity contribution in [3.05, 3.63) is 75.9 Å². The molecular weight excluding hydrogens is 436 g/mol. The van der Waals surface area contributed by atoms with Crippen molar-refractivity contribution in [3.8, 4) is 5.75 Å². The van der Waals surface area contributed by atoms with Crippen LogP contribution in [0.5, 0.6) is 5.75 Å². The van der Waals surface area contributed by atoms with Gasteiger partial charge in [0, 0.05) is 17.5 Å². The Morgan fingerprint density at radius 1 is 1.24 bits per heavy atom. The molecule has 1 aliphatic rings. The van der Waals surface area contributed by atoms with Crippen LogP contribution in [0.2, 0.25) is 0 Å². The highest BCUT2D eigenvalue weighted by Crippen LogP contribution is 2.34. The van der Waals surface area contributed by atoms with Crippen LogP contribution in [0.1, 0.15) is 52.9 Å². The molecule has 7 heteroatoms. The number of carbonyl (C=O) groups excluding carboxylic acids is 2. The molecular formula is C26H30N2O4S. The lowest BCUT2D eigenvalue weighted by Crippen LogP contribution is -2.49. The molecule has 3 aromatic rings. The van der Waals surface area contributed by atoms with Gasteiger partial charge in [-0.3, -0.25) is 9.59 Å². The van der Waals surface area contributed by atoms with Crippen molar-refractivity contribution in [1.82, 2.24) is 9.80 Å². The fourth-order valence-corrected chi connectivity index (χ4v) is 5.12. The third-order valence-electron chi connectivity index (χ3n) is 6.33. The van der Waals surface area contributed by atoms with Crippen molar-refractivity contribution in [3.63, 3.8) is 0 Å². The van der Waals surface area contributed by atoms with E-state index in [1.54, 1.807) is 28.4 Å². The van der Waals surface area contributed by atoms with Gasteiger partial charge in [0.15, 0.2) is 5.76 Å². The van der Waals surface area contributed by atoms with Crippen molar-refractivity contribution in [2.45, 2.75) is 45.7 Å². The maximum Gasteiger partial charge on any atom is 0.290 e. The monoisotopic (exact) mass is 466 g/mol. The third-order valence-corrected chi connectivity index (χ3v) is 7.32. The Bertz CT molecular complexity index is 1090. The summed E-state index contributed by atoms with van der Waals surface area (Å²) in [6.07, 6.45) is 3.04. The lowest BCUT2D eigenvalue weighted by atomic mass is 10.00.